The zero-order valence-electron chi connectivity index (χ0n) is 21.9. The van der Waals surface area contributed by atoms with Crippen LogP contribution >= 0.6 is 0 Å². The van der Waals surface area contributed by atoms with E-state index in [2.05, 4.69) is 5.32 Å². The van der Waals surface area contributed by atoms with E-state index in [0.717, 1.165) is 45.8 Å². The number of rotatable bonds is 12. The number of carbonyl (C=O) groups excluding carboxylic acids is 2. The largest absolute Gasteiger partial charge is 0.354 e. The minimum atomic E-state index is -3.89. The Morgan fingerprint density at radius 2 is 1.55 bits per heavy atom. The van der Waals surface area contributed by atoms with E-state index in [1.807, 2.05) is 68.4 Å². The first-order valence-electron chi connectivity index (χ1n) is 12.5. The summed E-state index contributed by atoms with van der Waals surface area (Å²) in [6.45, 7) is 3.91. The van der Waals surface area contributed by atoms with Crippen LogP contribution in [0.1, 0.15) is 30.0 Å². The minimum Gasteiger partial charge on any atom is -0.354 e. The smallest absolute Gasteiger partial charge is 0.244 e. The lowest BCUT2D eigenvalue weighted by Crippen LogP contribution is -2.53. The Balaban J connectivity index is 2.02. The molecule has 0 radical (unpaired) electrons. The number of amides is 2. The number of hydrogen-bond acceptors (Lipinski definition) is 4. The fourth-order valence-corrected chi connectivity index (χ4v) is 4.88. The van der Waals surface area contributed by atoms with Crippen molar-refractivity contribution in [3.8, 4) is 0 Å². The van der Waals surface area contributed by atoms with Gasteiger partial charge in [-0.05, 0) is 48.7 Å². The summed E-state index contributed by atoms with van der Waals surface area (Å²) in [7, 11) is -3.89. The molecule has 9 heteroatoms. The standard InChI is InChI=1S/C29H34FN3O4S/c1-4-18-31-29(35)27(19-23-8-6-5-7-9-23)32(20-24-12-10-22(2)11-13-24)28(34)21-33(38(3,36)37)26-16-14-25(30)15-17-26/h5-17,27H,4,18-21H2,1-3H3,(H,31,35)/t27-/m1/s1. The third-order valence-electron chi connectivity index (χ3n) is 6.09. The summed E-state index contributed by atoms with van der Waals surface area (Å²) >= 11 is 0. The molecular weight excluding hydrogens is 505 g/mol. The van der Waals surface area contributed by atoms with Gasteiger partial charge in [0.2, 0.25) is 21.8 Å². The van der Waals surface area contributed by atoms with Gasteiger partial charge in [-0.25, -0.2) is 12.8 Å². The molecule has 7 nitrogen and oxygen atoms in total. The Labute approximate surface area is 224 Å². The molecule has 0 saturated heterocycles. The number of hydrogen-bond donors (Lipinski definition) is 1. The van der Waals surface area contributed by atoms with Gasteiger partial charge in [0.1, 0.15) is 18.4 Å². The van der Waals surface area contributed by atoms with Crippen molar-refractivity contribution in [1.82, 2.24) is 10.2 Å². The van der Waals surface area contributed by atoms with E-state index in [0.29, 0.717) is 6.54 Å². The highest BCUT2D eigenvalue weighted by Crippen LogP contribution is 2.21. The number of sulfonamides is 1. The second-order valence-electron chi connectivity index (χ2n) is 9.25. The zero-order chi connectivity index (χ0) is 27.7. The van der Waals surface area contributed by atoms with Gasteiger partial charge in [0.25, 0.3) is 0 Å². The second-order valence-corrected chi connectivity index (χ2v) is 11.2. The predicted molar refractivity (Wildman–Crippen MR) is 148 cm³/mol. The van der Waals surface area contributed by atoms with E-state index in [4.69, 9.17) is 0 Å². The molecule has 0 heterocycles. The summed E-state index contributed by atoms with van der Waals surface area (Å²) in [5.74, 6) is -1.39. The molecule has 0 fully saturated rings. The van der Waals surface area contributed by atoms with E-state index >= 15 is 0 Å². The van der Waals surface area contributed by atoms with Crippen LogP contribution in [-0.2, 0) is 32.6 Å². The Kier molecular flexibility index (Phi) is 10.0. The average molecular weight is 540 g/mol. The van der Waals surface area contributed by atoms with Crippen molar-refractivity contribution in [3.63, 3.8) is 0 Å². The molecule has 3 rings (SSSR count). The molecule has 1 N–H and O–H groups in total. The van der Waals surface area contributed by atoms with Crippen LogP contribution in [0.3, 0.4) is 0 Å². The average Bonchev–Trinajstić information content (AvgIpc) is 2.89. The summed E-state index contributed by atoms with van der Waals surface area (Å²) in [4.78, 5) is 28.7. The van der Waals surface area contributed by atoms with Crippen LogP contribution < -0.4 is 9.62 Å². The van der Waals surface area contributed by atoms with Crippen LogP contribution in [0.25, 0.3) is 0 Å². The first kappa shape index (κ1) is 28.8. The minimum absolute atomic E-state index is 0.108. The lowest BCUT2D eigenvalue weighted by Gasteiger charge is -2.33. The van der Waals surface area contributed by atoms with Gasteiger partial charge >= 0.3 is 0 Å². The molecule has 0 saturated carbocycles. The van der Waals surface area contributed by atoms with Crippen LogP contribution in [0.2, 0.25) is 0 Å². The Morgan fingerprint density at radius 3 is 2.13 bits per heavy atom. The van der Waals surface area contributed by atoms with Crippen molar-refractivity contribution < 1.29 is 22.4 Å². The number of halogens is 1. The molecule has 3 aromatic carbocycles. The first-order valence-corrected chi connectivity index (χ1v) is 14.3. The van der Waals surface area contributed by atoms with Crippen LogP contribution in [0.5, 0.6) is 0 Å². The van der Waals surface area contributed by atoms with Crippen molar-refractivity contribution in [2.75, 3.05) is 23.7 Å². The lowest BCUT2D eigenvalue weighted by atomic mass is 10.0. The Morgan fingerprint density at radius 1 is 0.921 bits per heavy atom. The van der Waals surface area contributed by atoms with Gasteiger partial charge in [-0.1, -0.05) is 67.1 Å². The normalized spacial score (nSPS) is 12.0. The van der Waals surface area contributed by atoms with Gasteiger partial charge in [-0.15, -0.1) is 0 Å². The first-order chi connectivity index (χ1) is 18.1. The Hall–Kier alpha value is -3.72. The fourth-order valence-electron chi connectivity index (χ4n) is 4.03. The van der Waals surface area contributed by atoms with Gasteiger partial charge in [-0.2, -0.15) is 0 Å². The summed E-state index contributed by atoms with van der Waals surface area (Å²) in [5.41, 5.74) is 2.88. The molecule has 3 aromatic rings. The van der Waals surface area contributed by atoms with E-state index in [1.54, 1.807) is 0 Å². The van der Waals surface area contributed by atoms with Gasteiger partial charge in [0, 0.05) is 19.5 Å². The molecule has 0 bridgehead atoms. The van der Waals surface area contributed by atoms with E-state index < -0.39 is 34.3 Å². The number of aryl methyl sites for hydroxylation is 1. The zero-order valence-corrected chi connectivity index (χ0v) is 22.7. The maximum Gasteiger partial charge on any atom is 0.244 e. The third kappa shape index (κ3) is 8.14. The SMILES string of the molecule is CCCNC(=O)[C@@H](Cc1ccccc1)N(Cc1ccc(C)cc1)C(=O)CN(c1ccc(F)cc1)S(C)(=O)=O. The number of anilines is 1. The summed E-state index contributed by atoms with van der Waals surface area (Å²) in [5, 5.41) is 2.90. The number of carbonyl (C=O) groups is 2. The number of benzene rings is 3. The monoisotopic (exact) mass is 539 g/mol. The maximum absolute atomic E-state index is 13.9. The molecular formula is C29H34FN3O4S. The van der Waals surface area contributed by atoms with Crippen LogP contribution in [0.4, 0.5) is 10.1 Å². The molecule has 0 aliphatic heterocycles. The highest BCUT2D eigenvalue weighted by atomic mass is 32.2. The summed E-state index contributed by atoms with van der Waals surface area (Å²) in [6, 6.07) is 21.0. The molecule has 0 aromatic heterocycles. The van der Waals surface area contributed by atoms with Crippen molar-refractivity contribution >= 4 is 27.5 Å². The third-order valence-corrected chi connectivity index (χ3v) is 7.23. The summed E-state index contributed by atoms with van der Waals surface area (Å²) in [6.07, 6.45) is 1.97. The van der Waals surface area contributed by atoms with Gasteiger partial charge in [-0.3, -0.25) is 13.9 Å². The number of nitrogens with zero attached hydrogens (tertiary/aromatic N) is 2. The van der Waals surface area contributed by atoms with Crippen LogP contribution in [0.15, 0.2) is 78.9 Å². The summed E-state index contributed by atoms with van der Waals surface area (Å²) < 4.78 is 39.8. The molecule has 0 aliphatic carbocycles. The van der Waals surface area contributed by atoms with Gasteiger partial charge in [0.15, 0.2) is 0 Å². The molecule has 0 unspecified atom stereocenters. The van der Waals surface area contributed by atoms with Crippen LogP contribution in [-0.4, -0.2) is 50.5 Å². The van der Waals surface area contributed by atoms with Crippen molar-refractivity contribution in [2.45, 2.75) is 39.3 Å². The van der Waals surface area contributed by atoms with Crippen LogP contribution in [0, 0.1) is 12.7 Å². The highest BCUT2D eigenvalue weighted by Gasteiger charge is 2.32. The highest BCUT2D eigenvalue weighted by molar-refractivity contribution is 7.92. The Bertz CT molecular complexity index is 1310. The molecule has 0 spiro atoms. The van der Waals surface area contributed by atoms with E-state index in [1.165, 1.54) is 17.0 Å². The van der Waals surface area contributed by atoms with E-state index in [-0.39, 0.29) is 24.6 Å². The second kappa shape index (κ2) is 13.2. The fraction of sp³-hybridized carbons (Fsp3) is 0.310. The van der Waals surface area contributed by atoms with Gasteiger partial charge < -0.3 is 10.2 Å². The molecule has 2 amide bonds. The molecule has 38 heavy (non-hydrogen) atoms. The molecule has 202 valence electrons. The van der Waals surface area contributed by atoms with Crippen molar-refractivity contribution in [1.29, 1.82) is 0 Å². The quantitative estimate of drug-likeness (QED) is 0.376. The van der Waals surface area contributed by atoms with Gasteiger partial charge in [0.05, 0.1) is 11.9 Å². The topological polar surface area (TPSA) is 86.8 Å². The van der Waals surface area contributed by atoms with E-state index in [9.17, 15) is 22.4 Å². The number of nitrogens with one attached hydrogen (secondary N) is 1. The van der Waals surface area contributed by atoms with Crippen molar-refractivity contribution in [3.05, 3.63) is 101 Å². The maximum atomic E-state index is 13.9. The molecule has 0 aliphatic rings. The lowest BCUT2D eigenvalue weighted by molar-refractivity contribution is -0.140. The van der Waals surface area contributed by atoms with Crippen molar-refractivity contribution in [2.24, 2.45) is 0 Å². The predicted octanol–water partition coefficient (Wildman–Crippen LogP) is 4.07. The molecule has 1 atom stereocenters.